The Morgan fingerprint density at radius 3 is 2.65 bits per heavy atom. The normalized spacial score (nSPS) is 10.3. The van der Waals surface area contributed by atoms with E-state index < -0.39 is 10.8 Å². The highest BCUT2D eigenvalue weighted by Gasteiger charge is 2.18. The number of nitro groups is 1. The molecule has 0 saturated heterocycles. The summed E-state index contributed by atoms with van der Waals surface area (Å²) in [5.41, 5.74) is -0.0777. The molecule has 92 valence electrons. The van der Waals surface area contributed by atoms with Crippen LogP contribution in [-0.4, -0.2) is 42.9 Å². The SMILES string of the molecule is CN(C)CCNC(=O)c1ccccc1[N+](=O)[O-]. The zero-order valence-corrected chi connectivity index (χ0v) is 9.84. The van der Waals surface area contributed by atoms with E-state index in [9.17, 15) is 14.9 Å². The van der Waals surface area contributed by atoms with Crippen LogP contribution in [0.15, 0.2) is 24.3 Å². The zero-order chi connectivity index (χ0) is 12.8. The van der Waals surface area contributed by atoms with E-state index in [1.807, 2.05) is 19.0 Å². The third-order valence-corrected chi connectivity index (χ3v) is 2.19. The second kappa shape index (κ2) is 5.95. The van der Waals surface area contributed by atoms with Gasteiger partial charge in [-0.25, -0.2) is 0 Å². The number of nitrogens with zero attached hydrogens (tertiary/aromatic N) is 2. The van der Waals surface area contributed by atoms with Gasteiger partial charge in [-0.05, 0) is 20.2 Å². The summed E-state index contributed by atoms with van der Waals surface area (Å²) in [5.74, 6) is -0.417. The summed E-state index contributed by atoms with van der Waals surface area (Å²) in [4.78, 5) is 23.8. The highest BCUT2D eigenvalue weighted by molar-refractivity contribution is 5.98. The Bertz CT molecular complexity index is 418. The molecule has 1 aromatic rings. The van der Waals surface area contributed by atoms with Crippen molar-refractivity contribution in [3.63, 3.8) is 0 Å². The first-order chi connectivity index (χ1) is 8.02. The predicted molar refractivity (Wildman–Crippen MR) is 64.0 cm³/mol. The van der Waals surface area contributed by atoms with Gasteiger partial charge in [-0.3, -0.25) is 14.9 Å². The number of para-hydroxylation sites is 1. The second-order valence-electron chi connectivity index (χ2n) is 3.83. The van der Waals surface area contributed by atoms with Crippen molar-refractivity contribution in [2.45, 2.75) is 0 Å². The van der Waals surface area contributed by atoms with Gasteiger partial charge in [-0.1, -0.05) is 12.1 Å². The first-order valence-corrected chi connectivity index (χ1v) is 5.18. The predicted octanol–water partition coefficient (Wildman–Crippen LogP) is 0.886. The van der Waals surface area contributed by atoms with Crippen molar-refractivity contribution in [1.82, 2.24) is 10.2 Å². The Balaban J connectivity index is 2.72. The van der Waals surface area contributed by atoms with E-state index in [1.165, 1.54) is 18.2 Å². The molecule has 0 aromatic heterocycles. The van der Waals surface area contributed by atoms with Crippen molar-refractivity contribution < 1.29 is 9.72 Å². The van der Waals surface area contributed by atoms with Gasteiger partial charge in [0.25, 0.3) is 11.6 Å². The smallest absolute Gasteiger partial charge is 0.282 e. The summed E-state index contributed by atoms with van der Waals surface area (Å²) in [6, 6.07) is 5.91. The zero-order valence-electron chi connectivity index (χ0n) is 9.84. The fraction of sp³-hybridized carbons (Fsp3) is 0.364. The van der Waals surface area contributed by atoms with Crippen LogP contribution in [0.1, 0.15) is 10.4 Å². The minimum Gasteiger partial charge on any atom is -0.351 e. The Morgan fingerprint density at radius 2 is 2.06 bits per heavy atom. The maximum atomic E-state index is 11.7. The number of hydrogen-bond acceptors (Lipinski definition) is 4. The van der Waals surface area contributed by atoms with Crippen LogP contribution in [0.3, 0.4) is 0 Å². The Hall–Kier alpha value is -1.95. The minimum atomic E-state index is -0.555. The molecule has 0 aliphatic heterocycles. The van der Waals surface area contributed by atoms with Crippen molar-refractivity contribution in [3.8, 4) is 0 Å². The molecule has 0 fully saturated rings. The molecule has 0 heterocycles. The summed E-state index contributed by atoms with van der Waals surface area (Å²) in [7, 11) is 3.77. The molecular weight excluding hydrogens is 222 g/mol. The van der Waals surface area contributed by atoms with Gasteiger partial charge in [0, 0.05) is 19.2 Å². The minimum absolute atomic E-state index is 0.0938. The van der Waals surface area contributed by atoms with Crippen LogP contribution in [0.5, 0.6) is 0 Å². The maximum absolute atomic E-state index is 11.7. The number of amides is 1. The lowest BCUT2D eigenvalue weighted by molar-refractivity contribution is -0.385. The first-order valence-electron chi connectivity index (χ1n) is 5.18. The lowest BCUT2D eigenvalue weighted by Gasteiger charge is -2.10. The van der Waals surface area contributed by atoms with Gasteiger partial charge in [0.1, 0.15) is 5.56 Å². The summed E-state index contributed by atoms with van der Waals surface area (Å²) in [6.45, 7) is 1.14. The largest absolute Gasteiger partial charge is 0.351 e. The van der Waals surface area contributed by atoms with Gasteiger partial charge in [0.05, 0.1) is 4.92 Å². The van der Waals surface area contributed by atoms with Crippen LogP contribution in [0.4, 0.5) is 5.69 Å². The summed E-state index contributed by atoms with van der Waals surface area (Å²) in [5, 5.41) is 13.4. The van der Waals surface area contributed by atoms with E-state index in [2.05, 4.69) is 5.32 Å². The summed E-state index contributed by atoms with van der Waals surface area (Å²) < 4.78 is 0. The van der Waals surface area contributed by atoms with Crippen LogP contribution in [0.2, 0.25) is 0 Å². The monoisotopic (exact) mass is 237 g/mol. The van der Waals surface area contributed by atoms with E-state index in [0.29, 0.717) is 13.1 Å². The van der Waals surface area contributed by atoms with Crippen molar-refractivity contribution in [3.05, 3.63) is 39.9 Å². The number of benzene rings is 1. The molecule has 0 radical (unpaired) electrons. The average molecular weight is 237 g/mol. The molecule has 0 aliphatic rings. The molecule has 0 unspecified atom stereocenters. The topological polar surface area (TPSA) is 75.5 Å². The summed E-state index contributed by atoms with van der Waals surface area (Å²) in [6.07, 6.45) is 0. The van der Waals surface area contributed by atoms with Crippen molar-refractivity contribution in [2.75, 3.05) is 27.2 Å². The fourth-order valence-electron chi connectivity index (χ4n) is 1.31. The van der Waals surface area contributed by atoms with Crippen LogP contribution in [0, 0.1) is 10.1 Å². The van der Waals surface area contributed by atoms with Crippen molar-refractivity contribution >= 4 is 11.6 Å². The molecular formula is C11H15N3O3. The molecule has 0 atom stereocenters. The van der Waals surface area contributed by atoms with E-state index >= 15 is 0 Å². The lowest BCUT2D eigenvalue weighted by Crippen LogP contribution is -2.31. The first kappa shape index (κ1) is 13.1. The average Bonchev–Trinajstić information content (AvgIpc) is 2.28. The third kappa shape index (κ3) is 3.84. The van der Waals surface area contributed by atoms with Gasteiger partial charge >= 0.3 is 0 Å². The number of carbonyl (C=O) groups is 1. The fourth-order valence-corrected chi connectivity index (χ4v) is 1.31. The number of nitrogens with one attached hydrogen (secondary N) is 1. The lowest BCUT2D eigenvalue weighted by atomic mass is 10.1. The number of rotatable bonds is 5. The molecule has 0 spiro atoms. The Morgan fingerprint density at radius 1 is 1.41 bits per heavy atom. The third-order valence-electron chi connectivity index (χ3n) is 2.19. The number of hydrogen-bond donors (Lipinski definition) is 1. The molecule has 17 heavy (non-hydrogen) atoms. The number of nitro benzene ring substituents is 1. The molecule has 6 nitrogen and oxygen atoms in total. The van der Waals surface area contributed by atoms with Crippen LogP contribution >= 0.6 is 0 Å². The van der Waals surface area contributed by atoms with E-state index in [0.717, 1.165) is 0 Å². The Labute approximate surface area is 99.4 Å². The summed E-state index contributed by atoms with van der Waals surface area (Å²) >= 11 is 0. The second-order valence-corrected chi connectivity index (χ2v) is 3.83. The van der Waals surface area contributed by atoms with Gasteiger partial charge in [-0.2, -0.15) is 0 Å². The highest BCUT2D eigenvalue weighted by Crippen LogP contribution is 2.16. The van der Waals surface area contributed by atoms with E-state index in [1.54, 1.807) is 6.07 Å². The van der Waals surface area contributed by atoms with Crippen molar-refractivity contribution in [2.24, 2.45) is 0 Å². The Kier molecular flexibility index (Phi) is 4.59. The molecule has 1 aromatic carbocycles. The van der Waals surface area contributed by atoms with Crippen LogP contribution in [0.25, 0.3) is 0 Å². The van der Waals surface area contributed by atoms with Crippen LogP contribution < -0.4 is 5.32 Å². The molecule has 1 rings (SSSR count). The van der Waals surface area contributed by atoms with Gasteiger partial charge < -0.3 is 10.2 Å². The van der Waals surface area contributed by atoms with Gasteiger partial charge in [-0.15, -0.1) is 0 Å². The quantitative estimate of drug-likeness (QED) is 0.609. The molecule has 0 aliphatic carbocycles. The van der Waals surface area contributed by atoms with E-state index in [4.69, 9.17) is 0 Å². The van der Waals surface area contributed by atoms with Crippen LogP contribution in [-0.2, 0) is 0 Å². The van der Waals surface area contributed by atoms with E-state index in [-0.39, 0.29) is 11.3 Å². The molecule has 0 saturated carbocycles. The molecule has 1 amide bonds. The van der Waals surface area contributed by atoms with Gasteiger partial charge in [0.15, 0.2) is 0 Å². The standard InChI is InChI=1S/C11H15N3O3/c1-13(2)8-7-12-11(15)9-5-3-4-6-10(9)14(16)17/h3-6H,7-8H2,1-2H3,(H,12,15). The van der Waals surface area contributed by atoms with Gasteiger partial charge in [0.2, 0.25) is 0 Å². The highest BCUT2D eigenvalue weighted by atomic mass is 16.6. The number of likely N-dealkylation sites (N-methyl/N-ethyl adjacent to an activating group) is 1. The molecule has 1 N–H and O–H groups in total. The molecule has 0 bridgehead atoms. The van der Waals surface area contributed by atoms with Crippen molar-refractivity contribution in [1.29, 1.82) is 0 Å². The molecule has 6 heteroatoms. The number of carbonyl (C=O) groups excluding carboxylic acids is 1. The maximum Gasteiger partial charge on any atom is 0.282 e.